The van der Waals surface area contributed by atoms with E-state index in [2.05, 4.69) is 19.8 Å². The van der Waals surface area contributed by atoms with Gasteiger partial charge in [0.05, 0.1) is 5.69 Å². The van der Waals surface area contributed by atoms with Gasteiger partial charge >= 0.3 is 6.36 Å². The highest BCUT2D eigenvalue weighted by atomic mass is 19.4. The number of rotatable bonds is 4. The summed E-state index contributed by atoms with van der Waals surface area (Å²) in [5, 5.41) is 4.44. The SMILES string of the molecule is Cc1cc(C)n(-c2cc(N3CCN(C(=O)c4cccc(OC(F)(F)F)c4)CC3)ncn2)n1. The Kier molecular flexibility index (Phi) is 5.72. The van der Waals surface area contributed by atoms with E-state index in [-0.39, 0.29) is 11.5 Å². The lowest BCUT2D eigenvalue weighted by molar-refractivity contribution is -0.274. The van der Waals surface area contributed by atoms with E-state index in [1.54, 1.807) is 9.58 Å². The number of benzene rings is 1. The molecule has 0 saturated carbocycles. The minimum absolute atomic E-state index is 0.147. The number of hydrogen-bond acceptors (Lipinski definition) is 6. The number of hydrogen-bond donors (Lipinski definition) is 0. The fraction of sp³-hybridized carbons (Fsp3) is 0.333. The average molecular weight is 446 g/mol. The van der Waals surface area contributed by atoms with Crippen LogP contribution in [-0.4, -0.2) is 63.1 Å². The number of anilines is 1. The van der Waals surface area contributed by atoms with Gasteiger partial charge in [0.15, 0.2) is 5.82 Å². The van der Waals surface area contributed by atoms with Crippen LogP contribution >= 0.6 is 0 Å². The first-order valence-electron chi connectivity index (χ1n) is 9.95. The largest absolute Gasteiger partial charge is 0.573 e. The van der Waals surface area contributed by atoms with E-state index in [1.165, 1.54) is 18.5 Å². The molecule has 8 nitrogen and oxygen atoms in total. The summed E-state index contributed by atoms with van der Waals surface area (Å²) in [6.45, 7) is 5.72. The number of nitrogens with zero attached hydrogens (tertiary/aromatic N) is 6. The van der Waals surface area contributed by atoms with Crippen LogP contribution in [0.3, 0.4) is 0 Å². The summed E-state index contributed by atoms with van der Waals surface area (Å²) in [5.41, 5.74) is 1.99. The van der Waals surface area contributed by atoms with Crippen LogP contribution in [0.5, 0.6) is 5.75 Å². The molecule has 4 rings (SSSR count). The fourth-order valence-corrected chi connectivity index (χ4v) is 3.63. The molecular formula is C21H21F3N6O2. The van der Waals surface area contributed by atoms with Gasteiger partial charge < -0.3 is 14.5 Å². The maximum atomic E-state index is 12.8. The average Bonchev–Trinajstić information content (AvgIpc) is 3.10. The van der Waals surface area contributed by atoms with Crippen molar-refractivity contribution in [1.82, 2.24) is 24.6 Å². The number of carbonyl (C=O) groups excluding carboxylic acids is 1. The highest BCUT2D eigenvalue weighted by Gasteiger charge is 2.31. The van der Waals surface area contributed by atoms with Crippen LogP contribution in [-0.2, 0) is 0 Å². The second-order valence-corrected chi connectivity index (χ2v) is 7.43. The summed E-state index contributed by atoms with van der Waals surface area (Å²) in [5.74, 6) is 0.610. The van der Waals surface area contributed by atoms with Crippen LogP contribution in [0.1, 0.15) is 21.7 Å². The summed E-state index contributed by atoms with van der Waals surface area (Å²) in [6.07, 6.45) is -3.33. The molecule has 3 aromatic rings. The number of aryl methyl sites for hydroxylation is 2. The zero-order valence-corrected chi connectivity index (χ0v) is 17.5. The van der Waals surface area contributed by atoms with Crippen molar-refractivity contribution in [2.24, 2.45) is 0 Å². The van der Waals surface area contributed by atoms with Crippen LogP contribution in [0, 0.1) is 13.8 Å². The number of piperazine rings is 1. The Balaban J connectivity index is 1.43. The Morgan fingerprint density at radius 1 is 1.00 bits per heavy atom. The Hall–Kier alpha value is -3.63. The van der Waals surface area contributed by atoms with Gasteiger partial charge in [0, 0.05) is 43.5 Å². The summed E-state index contributed by atoms with van der Waals surface area (Å²) in [4.78, 5) is 25.1. The van der Waals surface area contributed by atoms with Crippen LogP contribution in [0.4, 0.5) is 19.0 Å². The molecule has 11 heteroatoms. The van der Waals surface area contributed by atoms with Crippen LogP contribution in [0.2, 0.25) is 0 Å². The topological polar surface area (TPSA) is 76.4 Å². The quantitative estimate of drug-likeness (QED) is 0.613. The van der Waals surface area contributed by atoms with Gasteiger partial charge in [-0.3, -0.25) is 4.79 Å². The zero-order valence-electron chi connectivity index (χ0n) is 17.5. The highest BCUT2D eigenvalue weighted by molar-refractivity contribution is 5.94. The van der Waals surface area contributed by atoms with Gasteiger partial charge in [0.25, 0.3) is 5.91 Å². The van der Waals surface area contributed by atoms with E-state index in [9.17, 15) is 18.0 Å². The molecule has 2 aromatic heterocycles. The van der Waals surface area contributed by atoms with Crippen molar-refractivity contribution in [3.63, 3.8) is 0 Å². The van der Waals surface area contributed by atoms with Gasteiger partial charge in [0.1, 0.15) is 17.9 Å². The Morgan fingerprint density at radius 2 is 1.72 bits per heavy atom. The minimum atomic E-state index is -4.81. The van der Waals surface area contributed by atoms with Gasteiger partial charge in [-0.05, 0) is 38.1 Å². The van der Waals surface area contributed by atoms with Crippen LogP contribution < -0.4 is 9.64 Å². The van der Waals surface area contributed by atoms with Gasteiger partial charge in [0.2, 0.25) is 0 Å². The van der Waals surface area contributed by atoms with Crippen LogP contribution in [0.15, 0.2) is 42.7 Å². The van der Waals surface area contributed by atoms with Crippen molar-refractivity contribution in [1.29, 1.82) is 0 Å². The molecule has 1 aromatic carbocycles. The monoisotopic (exact) mass is 446 g/mol. The lowest BCUT2D eigenvalue weighted by atomic mass is 10.1. The molecule has 0 spiro atoms. The minimum Gasteiger partial charge on any atom is -0.406 e. The summed E-state index contributed by atoms with van der Waals surface area (Å²) in [7, 11) is 0. The zero-order chi connectivity index (χ0) is 22.9. The molecule has 0 unspecified atom stereocenters. The Bertz CT molecular complexity index is 1120. The molecule has 0 atom stereocenters. The molecule has 1 aliphatic rings. The molecule has 1 aliphatic heterocycles. The van der Waals surface area contributed by atoms with E-state index in [0.29, 0.717) is 32.0 Å². The number of amides is 1. The van der Waals surface area contributed by atoms with Crippen molar-refractivity contribution in [3.8, 4) is 11.6 Å². The smallest absolute Gasteiger partial charge is 0.406 e. The van der Waals surface area contributed by atoms with Crippen molar-refractivity contribution < 1.29 is 22.7 Å². The predicted molar refractivity (Wildman–Crippen MR) is 110 cm³/mol. The predicted octanol–water partition coefficient (Wildman–Crippen LogP) is 3.14. The number of carbonyl (C=O) groups is 1. The van der Waals surface area contributed by atoms with Crippen molar-refractivity contribution in [2.45, 2.75) is 20.2 Å². The number of aromatic nitrogens is 4. The van der Waals surface area contributed by atoms with E-state index in [0.717, 1.165) is 29.3 Å². The second-order valence-electron chi connectivity index (χ2n) is 7.43. The Morgan fingerprint density at radius 3 is 2.38 bits per heavy atom. The normalized spacial score (nSPS) is 14.5. The number of halogens is 3. The summed E-state index contributed by atoms with van der Waals surface area (Å²) >= 11 is 0. The first-order valence-corrected chi connectivity index (χ1v) is 9.95. The lowest BCUT2D eigenvalue weighted by Gasteiger charge is -2.35. The first kappa shape index (κ1) is 21.6. The van der Waals surface area contributed by atoms with Gasteiger partial charge in [-0.2, -0.15) is 5.10 Å². The molecule has 0 bridgehead atoms. The molecule has 168 valence electrons. The fourth-order valence-electron chi connectivity index (χ4n) is 3.63. The molecule has 1 fully saturated rings. The molecular weight excluding hydrogens is 425 g/mol. The molecule has 1 amide bonds. The van der Waals surface area contributed by atoms with E-state index < -0.39 is 12.1 Å². The summed E-state index contributed by atoms with van der Waals surface area (Å²) < 4.78 is 43.0. The summed E-state index contributed by atoms with van der Waals surface area (Å²) in [6, 6.07) is 8.91. The third-order valence-electron chi connectivity index (χ3n) is 5.07. The highest BCUT2D eigenvalue weighted by Crippen LogP contribution is 2.24. The maximum absolute atomic E-state index is 12.8. The van der Waals surface area contributed by atoms with Gasteiger partial charge in [-0.1, -0.05) is 6.07 Å². The molecule has 1 saturated heterocycles. The second kappa shape index (κ2) is 8.48. The molecule has 0 N–H and O–H groups in total. The van der Waals surface area contributed by atoms with Crippen molar-refractivity contribution in [3.05, 3.63) is 59.7 Å². The maximum Gasteiger partial charge on any atom is 0.573 e. The lowest BCUT2D eigenvalue weighted by Crippen LogP contribution is -2.49. The van der Waals surface area contributed by atoms with Crippen molar-refractivity contribution >= 4 is 11.7 Å². The van der Waals surface area contributed by atoms with Crippen molar-refractivity contribution in [2.75, 3.05) is 31.1 Å². The van der Waals surface area contributed by atoms with E-state index in [1.807, 2.05) is 30.9 Å². The Labute approximate surface area is 182 Å². The van der Waals surface area contributed by atoms with E-state index >= 15 is 0 Å². The van der Waals surface area contributed by atoms with Crippen LogP contribution in [0.25, 0.3) is 5.82 Å². The molecule has 3 heterocycles. The first-order chi connectivity index (χ1) is 15.2. The molecule has 0 aliphatic carbocycles. The number of ether oxygens (including phenoxy) is 1. The standard InChI is InChI=1S/C21H21F3N6O2/c1-14-10-15(2)30(27-14)19-12-18(25-13-26-19)28-6-8-29(9-7-28)20(31)16-4-3-5-17(11-16)32-21(22,23)24/h3-5,10-13H,6-9H2,1-2H3. The van der Waals surface area contributed by atoms with E-state index in [4.69, 9.17) is 0 Å². The third kappa shape index (κ3) is 4.82. The molecule has 32 heavy (non-hydrogen) atoms. The molecule has 0 radical (unpaired) electrons. The third-order valence-corrected chi connectivity index (χ3v) is 5.07. The van der Waals surface area contributed by atoms with Gasteiger partial charge in [-0.15, -0.1) is 13.2 Å². The van der Waals surface area contributed by atoms with Gasteiger partial charge in [-0.25, -0.2) is 14.6 Å². The number of alkyl halides is 3.